The average molecular weight is 316 g/mol. The second-order valence-electron chi connectivity index (χ2n) is 6.07. The minimum absolute atomic E-state index is 0.0546. The Balaban J connectivity index is 1.56. The Bertz CT molecular complexity index is 629. The van der Waals surface area contributed by atoms with Gasteiger partial charge in [0, 0.05) is 24.2 Å². The van der Waals surface area contributed by atoms with Gasteiger partial charge < -0.3 is 21.3 Å². The molecular formula is C16H20N4O3. The molecule has 4 amide bonds. The molecule has 2 aliphatic rings. The molecule has 2 fully saturated rings. The molecule has 3 rings (SSSR count). The first-order valence-electron chi connectivity index (χ1n) is 7.77. The molecule has 4 N–H and O–H groups in total. The standard InChI is InChI=1S/C16H20N4O3/c1-9(21)17-11-4-2-10(3-5-11)15(22)18-12-6-7-13-14(8-12)20-16(23)19-13/h2-5,12-14H,6-8H2,1H3,(H,17,21)(H,18,22)(H2,19,20,23). The highest BCUT2D eigenvalue weighted by Gasteiger charge is 2.37. The van der Waals surface area contributed by atoms with Crippen LogP contribution in [0.15, 0.2) is 24.3 Å². The number of nitrogens with one attached hydrogen (secondary N) is 4. The highest BCUT2D eigenvalue weighted by molar-refractivity contribution is 5.95. The van der Waals surface area contributed by atoms with Gasteiger partial charge in [-0.15, -0.1) is 0 Å². The summed E-state index contributed by atoms with van der Waals surface area (Å²) in [6, 6.07) is 6.97. The molecule has 7 nitrogen and oxygen atoms in total. The molecule has 3 atom stereocenters. The lowest BCUT2D eigenvalue weighted by Crippen LogP contribution is -2.47. The second kappa shape index (κ2) is 6.28. The summed E-state index contributed by atoms with van der Waals surface area (Å²) in [7, 11) is 0. The molecule has 1 saturated carbocycles. The second-order valence-corrected chi connectivity index (χ2v) is 6.07. The predicted octanol–water partition coefficient (Wildman–Crippen LogP) is 0.977. The van der Waals surface area contributed by atoms with E-state index in [2.05, 4.69) is 21.3 Å². The molecule has 0 bridgehead atoms. The van der Waals surface area contributed by atoms with Gasteiger partial charge in [-0.25, -0.2) is 4.79 Å². The van der Waals surface area contributed by atoms with Crippen LogP contribution in [-0.4, -0.2) is 36.0 Å². The van der Waals surface area contributed by atoms with Gasteiger partial charge in [-0.2, -0.15) is 0 Å². The van der Waals surface area contributed by atoms with Crippen molar-refractivity contribution in [2.24, 2.45) is 0 Å². The molecule has 1 aliphatic heterocycles. The zero-order chi connectivity index (χ0) is 16.4. The molecule has 122 valence electrons. The van der Waals surface area contributed by atoms with Crippen molar-refractivity contribution in [2.45, 2.75) is 44.3 Å². The van der Waals surface area contributed by atoms with Crippen LogP contribution in [0.25, 0.3) is 0 Å². The highest BCUT2D eigenvalue weighted by Crippen LogP contribution is 2.22. The number of amides is 4. The van der Waals surface area contributed by atoms with E-state index >= 15 is 0 Å². The quantitative estimate of drug-likeness (QED) is 0.669. The zero-order valence-corrected chi connectivity index (χ0v) is 12.9. The smallest absolute Gasteiger partial charge is 0.315 e. The van der Waals surface area contributed by atoms with Crippen LogP contribution in [0.1, 0.15) is 36.5 Å². The van der Waals surface area contributed by atoms with Crippen LogP contribution >= 0.6 is 0 Å². The Kier molecular flexibility index (Phi) is 4.18. The van der Waals surface area contributed by atoms with Crippen molar-refractivity contribution < 1.29 is 14.4 Å². The molecule has 23 heavy (non-hydrogen) atoms. The van der Waals surface area contributed by atoms with E-state index < -0.39 is 0 Å². The predicted molar refractivity (Wildman–Crippen MR) is 85.1 cm³/mol. The third-order valence-corrected chi connectivity index (χ3v) is 4.29. The van der Waals surface area contributed by atoms with Crippen molar-refractivity contribution in [3.8, 4) is 0 Å². The minimum atomic E-state index is -0.147. The zero-order valence-electron chi connectivity index (χ0n) is 12.9. The van der Waals surface area contributed by atoms with Crippen molar-refractivity contribution in [3.63, 3.8) is 0 Å². The topological polar surface area (TPSA) is 99.3 Å². The third-order valence-electron chi connectivity index (χ3n) is 4.29. The fraction of sp³-hybridized carbons (Fsp3) is 0.438. The fourth-order valence-electron chi connectivity index (χ4n) is 3.19. The first kappa shape index (κ1) is 15.3. The van der Waals surface area contributed by atoms with Gasteiger partial charge in [0.1, 0.15) is 0 Å². The number of benzene rings is 1. The Morgan fingerprint density at radius 2 is 1.78 bits per heavy atom. The van der Waals surface area contributed by atoms with Gasteiger partial charge in [0.15, 0.2) is 0 Å². The van der Waals surface area contributed by atoms with Crippen molar-refractivity contribution in [1.82, 2.24) is 16.0 Å². The summed E-state index contributed by atoms with van der Waals surface area (Å²) in [6.07, 6.45) is 2.44. The van der Waals surface area contributed by atoms with E-state index in [1.165, 1.54) is 6.92 Å². The summed E-state index contributed by atoms with van der Waals surface area (Å²) >= 11 is 0. The molecule has 1 aliphatic carbocycles. The molecule has 1 aromatic rings. The van der Waals surface area contributed by atoms with Gasteiger partial charge in [-0.05, 0) is 43.5 Å². The first-order valence-corrected chi connectivity index (χ1v) is 7.77. The third kappa shape index (κ3) is 3.61. The minimum Gasteiger partial charge on any atom is -0.349 e. The first-order chi connectivity index (χ1) is 11.0. The number of hydrogen-bond acceptors (Lipinski definition) is 3. The molecule has 0 aromatic heterocycles. The average Bonchev–Trinajstić information content (AvgIpc) is 2.86. The molecule has 7 heteroatoms. The van der Waals surface area contributed by atoms with Gasteiger partial charge in [0.25, 0.3) is 5.91 Å². The summed E-state index contributed by atoms with van der Waals surface area (Å²) in [6.45, 7) is 1.44. The van der Waals surface area contributed by atoms with Crippen molar-refractivity contribution in [2.75, 3.05) is 5.32 Å². The van der Waals surface area contributed by atoms with E-state index in [0.717, 1.165) is 19.3 Å². The van der Waals surface area contributed by atoms with Gasteiger partial charge in [-0.1, -0.05) is 0 Å². The van der Waals surface area contributed by atoms with Crippen molar-refractivity contribution in [3.05, 3.63) is 29.8 Å². The van der Waals surface area contributed by atoms with Crippen LogP contribution in [0.4, 0.5) is 10.5 Å². The SMILES string of the molecule is CC(=O)Nc1ccc(C(=O)NC2CCC3NC(=O)NC3C2)cc1. The molecular weight excluding hydrogens is 296 g/mol. The number of carbonyl (C=O) groups excluding carboxylic acids is 3. The van der Waals surface area contributed by atoms with Gasteiger partial charge in [0.05, 0.1) is 12.1 Å². The van der Waals surface area contributed by atoms with Crippen LogP contribution in [0.2, 0.25) is 0 Å². The molecule has 1 saturated heterocycles. The maximum absolute atomic E-state index is 12.3. The lowest BCUT2D eigenvalue weighted by molar-refractivity contribution is -0.114. The summed E-state index contributed by atoms with van der Waals surface area (Å²) in [5.41, 5.74) is 1.21. The van der Waals surface area contributed by atoms with Gasteiger partial charge in [0.2, 0.25) is 5.91 Å². The lowest BCUT2D eigenvalue weighted by Gasteiger charge is -2.31. The largest absolute Gasteiger partial charge is 0.349 e. The Hall–Kier alpha value is -2.57. The summed E-state index contributed by atoms with van der Waals surface area (Å²) in [5.74, 6) is -0.286. The Morgan fingerprint density at radius 3 is 2.48 bits per heavy atom. The number of rotatable bonds is 3. The van der Waals surface area contributed by atoms with Gasteiger partial charge in [-0.3, -0.25) is 9.59 Å². The Morgan fingerprint density at radius 1 is 1.09 bits per heavy atom. The molecule has 0 radical (unpaired) electrons. The molecule has 1 heterocycles. The van der Waals surface area contributed by atoms with Crippen molar-refractivity contribution >= 4 is 23.5 Å². The number of hydrogen-bond donors (Lipinski definition) is 4. The maximum atomic E-state index is 12.3. The monoisotopic (exact) mass is 316 g/mol. The molecule has 1 aromatic carbocycles. The summed E-state index contributed by atoms with van der Waals surface area (Å²) < 4.78 is 0. The van der Waals surface area contributed by atoms with E-state index in [-0.39, 0.29) is 36.0 Å². The van der Waals surface area contributed by atoms with Crippen LogP contribution in [-0.2, 0) is 4.79 Å². The summed E-state index contributed by atoms with van der Waals surface area (Å²) in [4.78, 5) is 34.6. The van der Waals surface area contributed by atoms with E-state index in [4.69, 9.17) is 0 Å². The van der Waals surface area contributed by atoms with E-state index in [9.17, 15) is 14.4 Å². The van der Waals surface area contributed by atoms with E-state index in [0.29, 0.717) is 11.3 Å². The fourth-order valence-corrected chi connectivity index (χ4v) is 3.19. The maximum Gasteiger partial charge on any atom is 0.315 e. The number of urea groups is 1. The van der Waals surface area contributed by atoms with Crippen molar-refractivity contribution in [1.29, 1.82) is 0 Å². The number of anilines is 1. The number of carbonyl (C=O) groups is 3. The lowest BCUT2D eigenvalue weighted by atomic mass is 9.87. The molecule has 0 spiro atoms. The van der Waals surface area contributed by atoms with Crippen LogP contribution in [0.3, 0.4) is 0 Å². The molecule has 3 unspecified atom stereocenters. The Labute approximate surface area is 134 Å². The number of fused-ring (bicyclic) bond motifs is 1. The normalized spacial score (nSPS) is 25.8. The van der Waals surface area contributed by atoms with E-state index in [1.807, 2.05) is 0 Å². The van der Waals surface area contributed by atoms with Crippen LogP contribution in [0.5, 0.6) is 0 Å². The highest BCUT2D eigenvalue weighted by atomic mass is 16.2. The van der Waals surface area contributed by atoms with Crippen LogP contribution < -0.4 is 21.3 Å². The van der Waals surface area contributed by atoms with E-state index in [1.54, 1.807) is 24.3 Å². The summed E-state index contributed by atoms with van der Waals surface area (Å²) in [5, 5.41) is 11.5. The van der Waals surface area contributed by atoms with Gasteiger partial charge >= 0.3 is 6.03 Å². The van der Waals surface area contributed by atoms with Crippen LogP contribution in [0, 0.1) is 0 Å².